The second kappa shape index (κ2) is 6.04. The summed E-state index contributed by atoms with van der Waals surface area (Å²) in [7, 11) is 3.55. The van der Waals surface area contributed by atoms with Gasteiger partial charge >= 0.3 is 0 Å². The van der Waals surface area contributed by atoms with E-state index in [1.54, 1.807) is 19.5 Å². The highest BCUT2D eigenvalue weighted by Gasteiger charge is 2.09. The van der Waals surface area contributed by atoms with Crippen molar-refractivity contribution in [2.45, 2.75) is 13.0 Å². The highest BCUT2D eigenvalue weighted by atomic mass is 35.5. The molecule has 100 valence electrons. The molecule has 0 saturated carbocycles. The number of ether oxygens (including phenoxy) is 1. The molecule has 1 unspecified atom stereocenters. The molecule has 3 nitrogen and oxygen atoms in total. The molecular weight excluding hydrogens is 260 g/mol. The van der Waals surface area contributed by atoms with Crippen molar-refractivity contribution in [2.24, 2.45) is 0 Å². The normalized spacial score (nSPS) is 12.2. The molecular formula is C15H17ClN2O. The van der Waals surface area contributed by atoms with Gasteiger partial charge in [-0.15, -0.1) is 0 Å². The number of nitrogens with zero attached hydrogens (tertiary/aromatic N) is 1. The molecule has 0 bridgehead atoms. The van der Waals surface area contributed by atoms with Gasteiger partial charge in [-0.25, -0.2) is 0 Å². The van der Waals surface area contributed by atoms with E-state index in [4.69, 9.17) is 16.3 Å². The molecule has 2 aromatic rings. The van der Waals surface area contributed by atoms with Gasteiger partial charge < -0.3 is 10.1 Å². The van der Waals surface area contributed by atoms with Crippen LogP contribution < -0.4 is 10.1 Å². The smallest absolute Gasteiger partial charge is 0.137 e. The molecule has 0 radical (unpaired) electrons. The van der Waals surface area contributed by atoms with Gasteiger partial charge in [0.25, 0.3) is 0 Å². The van der Waals surface area contributed by atoms with Crippen molar-refractivity contribution in [1.29, 1.82) is 0 Å². The first-order chi connectivity index (χ1) is 9.15. The largest absolute Gasteiger partial charge is 0.495 e. The van der Waals surface area contributed by atoms with E-state index in [0.29, 0.717) is 0 Å². The molecule has 0 aliphatic rings. The highest BCUT2D eigenvalue weighted by Crippen LogP contribution is 2.29. The molecule has 1 heterocycles. The van der Waals surface area contributed by atoms with Gasteiger partial charge in [0.15, 0.2) is 0 Å². The van der Waals surface area contributed by atoms with Crippen LogP contribution >= 0.6 is 11.6 Å². The Balaban J connectivity index is 2.38. The number of aromatic nitrogens is 1. The van der Waals surface area contributed by atoms with Crippen LogP contribution in [0.4, 0.5) is 0 Å². The lowest BCUT2D eigenvalue weighted by Crippen LogP contribution is -2.12. The fourth-order valence-corrected chi connectivity index (χ4v) is 2.25. The summed E-state index contributed by atoms with van der Waals surface area (Å²) in [6, 6.07) is 8.22. The molecule has 0 aliphatic heterocycles. The third-order valence-electron chi connectivity index (χ3n) is 3.18. The zero-order valence-electron chi connectivity index (χ0n) is 11.3. The number of hydrogen-bond donors (Lipinski definition) is 1. The van der Waals surface area contributed by atoms with Crippen LogP contribution in [0.3, 0.4) is 0 Å². The first kappa shape index (κ1) is 13.8. The Labute approximate surface area is 118 Å². The summed E-state index contributed by atoms with van der Waals surface area (Å²) in [6.07, 6.45) is 3.48. The first-order valence-corrected chi connectivity index (χ1v) is 6.49. The van der Waals surface area contributed by atoms with Gasteiger partial charge in [0.1, 0.15) is 5.75 Å². The molecule has 0 amide bonds. The van der Waals surface area contributed by atoms with Crippen LogP contribution in [0.15, 0.2) is 36.7 Å². The van der Waals surface area contributed by atoms with Gasteiger partial charge in [-0.2, -0.15) is 0 Å². The molecule has 0 aliphatic carbocycles. The Morgan fingerprint density at radius 1 is 1.21 bits per heavy atom. The SMILES string of the molecule is CNC(C)c1ccc(-c2cncc(OC)c2)cc1Cl. The summed E-state index contributed by atoms with van der Waals surface area (Å²) < 4.78 is 5.18. The Morgan fingerprint density at radius 3 is 2.63 bits per heavy atom. The molecule has 1 aromatic carbocycles. The monoisotopic (exact) mass is 276 g/mol. The summed E-state index contributed by atoms with van der Waals surface area (Å²) in [4.78, 5) is 4.15. The molecule has 4 heteroatoms. The summed E-state index contributed by atoms with van der Waals surface area (Å²) in [5, 5.41) is 3.93. The maximum Gasteiger partial charge on any atom is 0.137 e. The van der Waals surface area contributed by atoms with Crippen molar-refractivity contribution >= 4 is 11.6 Å². The van der Waals surface area contributed by atoms with Gasteiger partial charge in [0.05, 0.1) is 13.3 Å². The van der Waals surface area contributed by atoms with Crippen LogP contribution in [-0.2, 0) is 0 Å². The van der Waals surface area contributed by atoms with Crippen molar-refractivity contribution < 1.29 is 4.74 Å². The molecule has 0 saturated heterocycles. The number of rotatable bonds is 4. The number of pyridine rings is 1. The van der Waals surface area contributed by atoms with Crippen molar-refractivity contribution in [1.82, 2.24) is 10.3 Å². The maximum atomic E-state index is 6.33. The third kappa shape index (κ3) is 3.06. The second-order valence-corrected chi connectivity index (χ2v) is 4.77. The van der Waals surface area contributed by atoms with Crippen LogP contribution in [0.5, 0.6) is 5.75 Å². The summed E-state index contributed by atoms with van der Waals surface area (Å²) in [5.74, 6) is 0.737. The van der Waals surface area contributed by atoms with Gasteiger partial charge in [0.2, 0.25) is 0 Å². The quantitative estimate of drug-likeness (QED) is 0.925. The molecule has 1 N–H and O–H groups in total. The first-order valence-electron chi connectivity index (χ1n) is 6.12. The fraction of sp³-hybridized carbons (Fsp3) is 0.267. The van der Waals surface area contributed by atoms with Crippen molar-refractivity contribution in [3.63, 3.8) is 0 Å². The average molecular weight is 277 g/mol. The molecule has 1 atom stereocenters. The van der Waals surface area contributed by atoms with Crippen LogP contribution in [0.1, 0.15) is 18.5 Å². The topological polar surface area (TPSA) is 34.2 Å². The summed E-state index contributed by atoms with van der Waals surface area (Å²) >= 11 is 6.33. The molecule has 2 rings (SSSR count). The standard InChI is InChI=1S/C15H17ClN2O/c1-10(17-2)14-5-4-11(7-15(14)16)12-6-13(19-3)9-18-8-12/h4-10,17H,1-3H3. The third-order valence-corrected chi connectivity index (χ3v) is 3.51. The van der Waals surface area contributed by atoms with Crippen LogP contribution in [0.25, 0.3) is 11.1 Å². The predicted molar refractivity (Wildman–Crippen MR) is 78.7 cm³/mol. The van der Waals surface area contributed by atoms with E-state index in [1.165, 1.54) is 0 Å². The van der Waals surface area contributed by atoms with Crippen molar-refractivity contribution in [3.8, 4) is 16.9 Å². The summed E-state index contributed by atoms with van der Waals surface area (Å²) in [6.45, 7) is 2.08. The lowest BCUT2D eigenvalue weighted by molar-refractivity contribution is 0.413. The Bertz CT molecular complexity index is 572. The van der Waals surface area contributed by atoms with Crippen molar-refractivity contribution in [3.05, 3.63) is 47.2 Å². The van der Waals surface area contributed by atoms with E-state index in [1.807, 2.05) is 31.3 Å². The van der Waals surface area contributed by atoms with E-state index < -0.39 is 0 Å². The zero-order chi connectivity index (χ0) is 13.8. The Morgan fingerprint density at radius 2 is 2.00 bits per heavy atom. The second-order valence-electron chi connectivity index (χ2n) is 4.36. The maximum absolute atomic E-state index is 6.33. The number of nitrogens with one attached hydrogen (secondary N) is 1. The lowest BCUT2D eigenvalue weighted by Gasteiger charge is -2.13. The molecule has 1 aromatic heterocycles. The van der Waals surface area contributed by atoms with E-state index in [9.17, 15) is 0 Å². The van der Waals surface area contributed by atoms with Gasteiger partial charge in [-0.1, -0.05) is 23.7 Å². The lowest BCUT2D eigenvalue weighted by atomic mass is 10.0. The zero-order valence-corrected chi connectivity index (χ0v) is 12.0. The fourth-order valence-electron chi connectivity index (χ4n) is 1.90. The minimum Gasteiger partial charge on any atom is -0.495 e. The van der Waals surface area contributed by atoms with E-state index in [0.717, 1.165) is 27.5 Å². The number of hydrogen-bond acceptors (Lipinski definition) is 3. The van der Waals surface area contributed by atoms with Gasteiger partial charge in [-0.05, 0) is 37.2 Å². The van der Waals surface area contributed by atoms with E-state index in [-0.39, 0.29) is 6.04 Å². The van der Waals surface area contributed by atoms with E-state index >= 15 is 0 Å². The number of methoxy groups -OCH3 is 1. The number of benzene rings is 1. The minimum atomic E-state index is 0.227. The van der Waals surface area contributed by atoms with Gasteiger partial charge in [0, 0.05) is 22.8 Å². The van der Waals surface area contributed by atoms with Crippen LogP contribution in [-0.4, -0.2) is 19.1 Å². The molecule has 0 fully saturated rings. The van der Waals surface area contributed by atoms with Crippen molar-refractivity contribution in [2.75, 3.05) is 14.2 Å². The molecule has 19 heavy (non-hydrogen) atoms. The van der Waals surface area contributed by atoms with E-state index in [2.05, 4.69) is 17.2 Å². The predicted octanol–water partition coefficient (Wildman–Crippen LogP) is 3.69. The van der Waals surface area contributed by atoms with Gasteiger partial charge in [-0.3, -0.25) is 4.98 Å². The minimum absolute atomic E-state index is 0.227. The highest BCUT2D eigenvalue weighted by molar-refractivity contribution is 6.31. The Hall–Kier alpha value is -1.58. The number of halogens is 1. The van der Waals surface area contributed by atoms with Crippen LogP contribution in [0.2, 0.25) is 5.02 Å². The summed E-state index contributed by atoms with van der Waals surface area (Å²) in [5.41, 5.74) is 3.11. The van der Waals surface area contributed by atoms with Crippen LogP contribution in [0, 0.1) is 0 Å². The average Bonchev–Trinajstić information content (AvgIpc) is 2.46. The Kier molecular flexibility index (Phi) is 4.40. The molecule has 0 spiro atoms.